The van der Waals surface area contributed by atoms with Gasteiger partial charge in [0.05, 0.1) is 43.3 Å². The zero-order valence-corrected chi connectivity index (χ0v) is 24.2. The summed E-state index contributed by atoms with van der Waals surface area (Å²) in [6.07, 6.45) is 6.35. The summed E-state index contributed by atoms with van der Waals surface area (Å²) in [5.41, 5.74) is 4.57. The van der Waals surface area contributed by atoms with E-state index in [9.17, 15) is 9.59 Å². The molecule has 1 aromatic carbocycles. The zero-order valence-electron chi connectivity index (χ0n) is 24.2. The van der Waals surface area contributed by atoms with Crippen LogP contribution in [0.1, 0.15) is 72.9 Å². The summed E-state index contributed by atoms with van der Waals surface area (Å²) in [6, 6.07) is 7.76. The molecule has 1 unspecified atom stereocenters. The Morgan fingerprint density at radius 3 is 2.34 bits per heavy atom. The maximum Gasteiger partial charge on any atom is 0.305 e. The van der Waals surface area contributed by atoms with Gasteiger partial charge in [0, 0.05) is 24.7 Å². The van der Waals surface area contributed by atoms with Gasteiger partial charge in [0.25, 0.3) is 0 Å². The Kier molecular flexibility index (Phi) is 13.7. The Bertz CT molecular complexity index is 1100. The van der Waals surface area contributed by atoms with Gasteiger partial charge in [-0.25, -0.2) is 0 Å². The van der Waals surface area contributed by atoms with E-state index < -0.39 is 5.97 Å². The Labute approximate surface area is 228 Å². The van der Waals surface area contributed by atoms with Crippen LogP contribution >= 0.6 is 0 Å². The number of carbonyl (C=O) groups excluding carboxylic acids is 1. The maximum absolute atomic E-state index is 12.1. The molecule has 0 bridgehead atoms. The van der Waals surface area contributed by atoms with E-state index >= 15 is 0 Å². The van der Waals surface area contributed by atoms with Gasteiger partial charge in [-0.3, -0.25) is 14.6 Å². The molecule has 1 rings (SSSR count). The number of ether oxygens (including phenoxy) is 1. The molecule has 0 heterocycles. The molecule has 8 heteroatoms. The number of methoxy groups -OCH3 is 1. The fourth-order valence-corrected chi connectivity index (χ4v) is 4.11. The van der Waals surface area contributed by atoms with Crippen LogP contribution in [0, 0.1) is 0 Å². The lowest BCUT2D eigenvalue weighted by atomic mass is 10.0. The Morgan fingerprint density at radius 2 is 1.82 bits per heavy atom. The van der Waals surface area contributed by atoms with Crippen LogP contribution in [0.4, 0.5) is 0 Å². The SMILES string of the molecule is C=CN(C(=C(C)CC)/C(=C\C=C(/C)N(CC)C(C)=O)NC(C)=NCCC(=O)O)C(C)c1ccccc1OC. The molecule has 0 saturated heterocycles. The highest BCUT2D eigenvalue weighted by molar-refractivity contribution is 5.82. The van der Waals surface area contributed by atoms with Crippen LogP contribution in [-0.4, -0.2) is 52.8 Å². The van der Waals surface area contributed by atoms with E-state index in [2.05, 4.69) is 42.6 Å². The number of allylic oxidation sites excluding steroid dienone is 4. The molecule has 0 aliphatic rings. The summed E-state index contributed by atoms with van der Waals surface area (Å²) in [4.78, 5) is 31.3. The highest BCUT2D eigenvalue weighted by Crippen LogP contribution is 2.34. The van der Waals surface area contributed by atoms with Gasteiger partial charge < -0.3 is 25.0 Å². The third kappa shape index (κ3) is 9.25. The lowest BCUT2D eigenvalue weighted by Gasteiger charge is -2.34. The summed E-state index contributed by atoms with van der Waals surface area (Å²) < 4.78 is 5.64. The topological polar surface area (TPSA) is 94.5 Å². The first kappa shape index (κ1) is 32.2. The van der Waals surface area contributed by atoms with E-state index in [-0.39, 0.29) is 24.9 Å². The molecule has 0 aliphatic carbocycles. The number of nitrogens with zero attached hydrogens (tertiary/aromatic N) is 3. The quantitative estimate of drug-likeness (QED) is 0.175. The van der Waals surface area contributed by atoms with Crippen LogP contribution in [0.2, 0.25) is 0 Å². The highest BCUT2D eigenvalue weighted by Gasteiger charge is 2.23. The van der Waals surface area contributed by atoms with Gasteiger partial charge in [0.1, 0.15) is 5.75 Å². The average Bonchev–Trinajstić information content (AvgIpc) is 2.88. The lowest BCUT2D eigenvalue weighted by Crippen LogP contribution is -2.31. The number of hydrogen-bond acceptors (Lipinski definition) is 5. The summed E-state index contributed by atoms with van der Waals surface area (Å²) >= 11 is 0. The first-order valence-corrected chi connectivity index (χ1v) is 12.9. The maximum atomic E-state index is 12.1. The number of para-hydroxylation sites is 1. The third-order valence-corrected chi connectivity index (χ3v) is 6.25. The summed E-state index contributed by atoms with van der Waals surface area (Å²) in [7, 11) is 1.66. The van der Waals surface area contributed by atoms with Gasteiger partial charge in [-0.2, -0.15) is 0 Å². The summed E-state index contributed by atoms with van der Waals surface area (Å²) in [5, 5.41) is 12.4. The van der Waals surface area contributed by atoms with Gasteiger partial charge in [0.15, 0.2) is 0 Å². The van der Waals surface area contributed by atoms with Gasteiger partial charge in [-0.15, -0.1) is 0 Å². The second kappa shape index (κ2) is 16.1. The second-order valence-corrected chi connectivity index (χ2v) is 8.88. The molecule has 38 heavy (non-hydrogen) atoms. The standard InChI is InChI=1S/C30H44N4O4/c1-10-21(4)30(34(12-3)23(6)26-15-13-14-16-28(26)38-9)27(32-24(7)31-20-19-29(36)37)18-17-22(5)33(11-2)25(8)35/h12-18,23H,3,10-11,19-20H2,1-2,4-9H3,(H,31,32)(H,36,37)/b22-17+,27-18+,30-21?. The van der Waals surface area contributed by atoms with Crippen LogP contribution in [0.15, 0.2) is 76.9 Å². The van der Waals surface area contributed by atoms with E-state index in [1.165, 1.54) is 0 Å². The summed E-state index contributed by atoms with van der Waals surface area (Å²) in [6.45, 7) is 18.3. The number of aliphatic carboxylic acids is 1. The zero-order chi connectivity index (χ0) is 28.8. The number of benzene rings is 1. The molecule has 208 valence electrons. The van der Waals surface area contributed by atoms with E-state index in [0.717, 1.165) is 40.4 Å². The molecule has 0 fully saturated rings. The van der Waals surface area contributed by atoms with Crippen molar-refractivity contribution >= 4 is 17.7 Å². The predicted octanol–water partition coefficient (Wildman–Crippen LogP) is 6.02. The molecule has 0 aliphatic heterocycles. The van der Waals surface area contributed by atoms with E-state index in [0.29, 0.717) is 12.4 Å². The highest BCUT2D eigenvalue weighted by atomic mass is 16.5. The van der Waals surface area contributed by atoms with Crippen molar-refractivity contribution < 1.29 is 19.4 Å². The van der Waals surface area contributed by atoms with Gasteiger partial charge in [0.2, 0.25) is 5.91 Å². The number of nitrogens with one attached hydrogen (secondary N) is 1. The molecule has 0 spiro atoms. The molecule has 8 nitrogen and oxygen atoms in total. The van der Waals surface area contributed by atoms with Gasteiger partial charge >= 0.3 is 5.97 Å². The second-order valence-electron chi connectivity index (χ2n) is 8.88. The van der Waals surface area contributed by atoms with Gasteiger partial charge in [-0.05, 0) is 71.0 Å². The van der Waals surface area contributed by atoms with Crippen molar-refractivity contribution in [1.29, 1.82) is 0 Å². The number of amides is 1. The molecule has 2 N–H and O–H groups in total. The van der Waals surface area contributed by atoms with E-state index in [1.54, 1.807) is 32.1 Å². The minimum Gasteiger partial charge on any atom is -0.496 e. The minimum absolute atomic E-state index is 0.0337. The first-order chi connectivity index (χ1) is 18.0. The number of carbonyl (C=O) groups is 2. The molecule has 1 amide bonds. The lowest BCUT2D eigenvalue weighted by molar-refractivity contribution is -0.136. The molecule has 0 radical (unpaired) electrons. The van der Waals surface area contributed by atoms with Crippen LogP contribution in [0.5, 0.6) is 5.75 Å². The number of carboxylic acid groups (broad SMARTS) is 1. The van der Waals surface area contributed by atoms with Crippen molar-refractivity contribution in [3.8, 4) is 5.75 Å². The summed E-state index contributed by atoms with van der Waals surface area (Å²) in [5.74, 6) is 0.429. The van der Waals surface area contributed by atoms with Crippen LogP contribution < -0.4 is 10.1 Å². The first-order valence-electron chi connectivity index (χ1n) is 12.9. The monoisotopic (exact) mass is 524 g/mol. The fraction of sp³-hybridized carbons (Fsp3) is 0.433. The van der Waals surface area contributed by atoms with Crippen LogP contribution in [0.25, 0.3) is 0 Å². The Hall–Kier alpha value is -3.81. The Morgan fingerprint density at radius 1 is 1.16 bits per heavy atom. The van der Waals surface area contributed by atoms with Crippen molar-refractivity contribution in [2.45, 2.75) is 67.3 Å². The largest absolute Gasteiger partial charge is 0.496 e. The van der Waals surface area contributed by atoms with Crippen molar-refractivity contribution in [2.24, 2.45) is 4.99 Å². The van der Waals surface area contributed by atoms with Crippen molar-refractivity contribution in [3.05, 3.63) is 77.4 Å². The molecular formula is C30H44N4O4. The molecule has 0 aromatic heterocycles. The molecular weight excluding hydrogens is 480 g/mol. The molecule has 1 aromatic rings. The van der Waals surface area contributed by atoms with Crippen molar-refractivity contribution in [2.75, 3.05) is 20.2 Å². The average molecular weight is 525 g/mol. The number of carboxylic acids is 1. The number of rotatable bonds is 14. The minimum atomic E-state index is -0.898. The third-order valence-electron chi connectivity index (χ3n) is 6.25. The van der Waals surface area contributed by atoms with Crippen molar-refractivity contribution in [3.63, 3.8) is 0 Å². The number of aliphatic imine (C=N–C) groups is 1. The van der Waals surface area contributed by atoms with E-state index in [1.807, 2.05) is 50.3 Å². The predicted molar refractivity (Wildman–Crippen MR) is 155 cm³/mol. The number of hydrogen-bond donors (Lipinski definition) is 2. The fourth-order valence-electron chi connectivity index (χ4n) is 4.11. The number of amidine groups is 1. The normalized spacial score (nSPS) is 13.8. The smallest absolute Gasteiger partial charge is 0.305 e. The van der Waals surface area contributed by atoms with E-state index in [4.69, 9.17) is 9.84 Å². The Balaban J connectivity index is 3.73. The van der Waals surface area contributed by atoms with Crippen molar-refractivity contribution in [1.82, 2.24) is 15.1 Å². The van der Waals surface area contributed by atoms with Crippen LogP contribution in [-0.2, 0) is 9.59 Å². The van der Waals surface area contributed by atoms with Crippen LogP contribution in [0.3, 0.4) is 0 Å². The van der Waals surface area contributed by atoms with Gasteiger partial charge in [-0.1, -0.05) is 31.7 Å². The molecule has 0 saturated carbocycles. The molecule has 1 atom stereocenters.